The van der Waals surface area contributed by atoms with Crippen LogP contribution in [0.4, 0.5) is 0 Å². The summed E-state index contributed by atoms with van der Waals surface area (Å²) in [7, 11) is 0. The molecule has 0 unspecified atom stereocenters. The third kappa shape index (κ3) is 8.15. The highest BCUT2D eigenvalue weighted by Gasteiger charge is 2.13. The van der Waals surface area contributed by atoms with Gasteiger partial charge in [0.1, 0.15) is 5.75 Å². The number of nitrogens with zero attached hydrogens (tertiary/aromatic N) is 1. The topological polar surface area (TPSA) is 76.1 Å². The molecule has 0 aromatic heterocycles. The number of allylic oxidation sites excluding steroid dienone is 4. The fourth-order valence-electron chi connectivity index (χ4n) is 3.82. The van der Waals surface area contributed by atoms with Crippen LogP contribution in [0.5, 0.6) is 17.2 Å². The van der Waals surface area contributed by atoms with Crippen molar-refractivity contribution in [2.24, 2.45) is 0 Å². The van der Waals surface area contributed by atoms with E-state index >= 15 is 0 Å². The molecule has 190 valence electrons. The Kier molecular flexibility index (Phi) is 9.92. The van der Waals surface area contributed by atoms with Gasteiger partial charge in [0.25, 0.3) is 0 Å². The number of carbonyl (C=O) groups is 2. The summed E-state index contributed by atoms with van der Waals surface area (Å²) in [6.45, 7) is 7.59. The van der Waals surface area contributed by atoms with Crippen molar-refractivity contribution in [3.8, 4) is 17.2 Å². The number of hydrogen-bond acceptors (Lipinski definition) is 5. The zero-order valence-corrected chi connectivity index (χ0v) is 21.3. The highest BCUT2D eigenvalue weighted by atomic mass is 16.7. The molecule has 1 fully saturated rings. The maximum atomic E-state index is 11.9. The van der Waals surface area contributed by atoms with Gasteiger partial charge in [-0.25, -0.2) is 0 Å². The quantitative estimate of drug-likeness (QED) is 0.230. The first-order chi connectivity index (χ1) is 17.3. The van der Waals surface area contributed by atoms with Gasteiger partial charge in [0, 0.05) is 24.7 Å². The minimum absolute atomic E-state index is 0.0217. The molecule has 2 aromatic rings. The lowest BCUT2D eigenvalue weighted by Crippen LogP contribution is -2.34. The Morgan fingerprint density at radius 2 is 1.69 bits per heavy atom. The lowest BCUT2D eigenvalue weighted by Gasteiger charge is -2.25. The zero-order chi connectivity index (χ0) is 25.9. The van der Waals surface area contributed by atoms with Gasteiger partial charge in [-0.2, -0.15) is 0 Å². The van der Waals surface area contributed by atoms with Crippen molar-refractivity contribution in [2.75, 3.05) is 19.9 Å². The van der Waals surface area contributed by atoms with Crippen molar-refractivity contribution in [1.82, 2.24) is 4.90 Å². The van der Waals surface area contributed by atoms with Gasteiger partial charge in [-0.05, 0) is 87.9 Å². The standard InChI is InChI=1S/C17H19NO3.C13H16O2/c19-17(18-10-4-1-5-11-18)7-3-2-6-14-8-9-15-16(12-14)21-13-20-15;1-9(2)4-5-12-8-11(10(3)14)6-7-13(12)15/h2-3,6-9,12H,1,4-5,10-11,13H2;4,6-8,15H,5H2,1-3H3. The zero-order valence-electron chi connectivity index (χ0n) is 21.3. The van der Waals surface area contributed by atoms with Gasteiger partial charge in [-0.1, -0.05) is 35.9 Å². The van der Waals surface area contributed by atoms with Gasteiger partial charge in [0.05, 0.1) is 0 Å². The second-order valence-electron chi connectivity index (χ2n) is 9.10. The van der Waals surface area contributed by atoms with Crippen molar-refractivity contribution in [3.05, 3.63) is 83.0 Å². The van der Waals surface area contributed by atoms with Gasteiger partial charge in [-0.15, -0.1) is 0 Å². The summed E-state index contributed by atoms with van der Waals surface area (Å²) in [6, 6.07) is 10.7. The lowest BCUT2D eigenvalue weighted by atomic mass is 10.0. The number of hydrogen-bond donors (Lipinski definition) is 1. The molecule has 2 aliphatic rings. The number of Topliss-reactive ketones (excluding diaryl/α,β-unsaturated/α-hetero) is 1. The summed E-state index contributed by atoms with van der Waals surface area (Å²) in [5.41, 5.74) is 3.66. The molecule has 0 spiro atoms. The van der Waals surface area contributed by atoms with Crippen LogP contribution in [0.2, 0.25) is 0 Å². The number of ether oxygens (including phenoxy) is 2. The molecule has 6 heteroatoms. The van der Waals surface area contributed by atoms with Crippen LogP contribution in [0.25, 0.3) is 6.08 Å². The highest BCUT2D eigenvalue weighted by molar-refractivity contribution is 5.94. The van der Waals surface area contributed by atoms with E-state index in [4.69, 9.17) is 9.47 Å². The first kappa shape index (κ1) is 26.8. The summed E-state index contributed by atoms with van der Waals surface area (Å²) in [6.07, 6.45) is 13.4. The number of rotatable bonds is 6. The van der Waals surface area contributed by atoms with Crippen LogP contribution >= 0.6 is 0 Å². The third-order valence-corrected chi connectivity index (χ3v) is 5.92. The molecule has 2 aromatic carbocycles. The Balaban J connectivity index is 0.000000214. The molecular formula is C30H35NO5. The van der Waals surface area contributed by atoms with Crippen LogP contribution in [0, 0.1) is 0 Å². The molecule has 1 N–H and O–H groups in total. The minimum Gasteiger partial charge on any atom is -0.508 e. The van der Waals surface area contributed by atoms with Crippen LogP contribution in [0.15, 0.2) is 66.3 Å². The summed E-state index contributed by atoms with van der Waals surface area (Å²) >= 11 is 0. The molecule has 0 aliphatic carbocycles. The van der Waals surface area contributed by atoms with E-state index in [0.29, 0.717) is 12.0 Å². The molecule has 6 nitrogen and oxygen atoms in total. The number of benzene rings is 2. The number of piperidine rings is 1. The van der Waals surface area contributed by atoms with E-state index < -0.39 is 0 Å². The molecule has 2 heterocycles. The number of carbonyl (C=O) groups excluding carboxylic acids is 2. The normalized spacial score (nSPS) is 14.5. The summed E-state index contributed by atoms with van der Waals surface area (Å²) < 4.78 is 10.6. The van der Waals surface area contributed by atoms with E-state index in [2.05, 4.69) is 0 Å². The Hall–Kier alpha value is -3.80. The fraction of sp³-hybridized carbons (Fsp3) is 0.333. The van der Waals surface area contributed by atoms with Crippen molar-refractivity contribution in [2.45, 2.75) is 46.5 Å². The summed E-state index contributed by atoms with van der Waals surface area (Å²) in [5, 5.41) is 9.59. The first-order valence-corrected chi connectivity index (χ1v) is 12.3. The third-order valence-electron chi connectivity index (χ3n) is 5.92. The SMILES string of the molecule is CC(=O)c1ccc(O)c(CC=C(C)C)c1.O=C(C=CC=Cc1ccc2c(c1)OCO2)N1CCCCC1. The molecule has 36 heavy (non-hydrogen) atoms. The maximum Gasteiger partial charge on any atom is 0.246 e. The number of aromatic hydroxyl groups is 1. The number of fused-ring (bicyclic) bond motifs is 1. The fourth-order valence-corrected chi connectivity index (χ4v) is 3.82. The van der Waals surface area contributed by atoms with E-state index in [1.54, 1.807) is 30.4 Å². The maximum absolute atomic E-state index is 11.9. The van der Waals surface area contributed by atoms with E-state index in [9.17, 15) is 14.7 Å². The van der Waals surface area contributed by atoms with Crippen LogP contribution in [0.3, 0.4) is 0 Å². The van der Waals surface area contributed by atoms with Crippen LogP contribution in [-0.4, -0.2) is 41.6 Å². The van der Waals surface area contributed by atoms with Gasteiger partial charge in [-0.3, -0.25) is 9.59 Å². The molecule has 4 rings (SSSR count). The Bertz CT molecular complexity index is 1150. The molecule has 0 saturated carbocycles. The average molecular weight is 490 g/mol. The second kappa shape index (κ2) is 13.3. The molecule has 0 atom stereocenters. The monoisotopic (exact) mass is 489 g/mol. The highest BCUT2D eigenvalue weighted by Crippen LogP contribution is 2.32. The molecular weight excluding hydrogens is 454 g/mol. The van der Waals surface area contributed by atoms with Gasteiger partial charge < -0.3 is 19.5 Å². The van der Waals surface area contributed by atoms with Crippen LogP contribution in [-0.2, 0) is 11.2 Å². The average Bonchev–Trinajstić information content (AvgIpc) is 3.35. The summed E-state index contributed by atoms with van der Waals surface area (Å²) in [4.78, 5) is 25.0. The molecule has 1 amide bonds. The van der Waals surface area contributed by atoms with E-state index in [1.165, 1.54) is 18.9 Å². The van der Waals surface area contributed by atoms with Gasteiger partial charge >= 0.3 is 0 Å². The summed E-state index contributed by atoms with van der Waals surface area (Å²) in [5.74, 6) is 1.92. The predicted octanol–water partition coefficient (Wildman–Crippen LogP) is 6.10. The van der Waals surface area contributed by atoms with E-state index in [1.807, 2.05) is 55.2 Å². The minimum atomic E-state index is 0.0217. The smallest absolute Gasteiger partial charge is 0.246 e. The number of phenols is 1. The van der Waals surface area contributed by atoms with Gasteiger partial charge in [0.15, 0.2) is 17.3 Å². The van der Waals surface area contributed by atoms with Gasteiger partial charge in [0.2, 0.25) is 12.7 Å². The largest absolute Gasteiger partial charge is 0.508 e. The van der Waals surface area contributed by atoms with E-state index in [0.717, 1.165) is 48.6 Å². The lowest BCUT2D eigenvalue weighted by molar-refractivity contribution is -0.126. The number of ketones is 1. The Morgan fingerprint density at radius 3 is 2.42 bits per heavy atom. The first-order valence-electron chi connectivity index (χ1n) is 12.3. The van der Waals surface area contributed by atoms with Crippen LogP contribution < -0.4 is 9.47 Å². The van der Waals surface area contributed by atoms with Crippen molar-refractivity contribution >= 4 is 17.8 Å². The Morgan fingerprint density at radius 1 is 0.944 bits per heavy atom. The van der Waals surface area contributed by atoms with Crippen LogP contribution in [0.1, 0.15) is 61.5 Å². The van der Waals surface area contributed by atoms with Crippen molar-refractivity contribution in [3.63, 3.8) is 0 Å². The van der Waals surface area contributed by atoms with Crippen molar-refractivity contribution < 1.29 is 24.2 Å². The second-order valence-corrected chi connectivity index (χ2v) is 9.10. The molecule has 2 aliphatic heterocycles. The number of phenolic OH excluding ortho intramolecular Hbond substituents is 1. The predicted molar refractivity (Wildman–Crippen MR) is 142 cm³/mol. The van der Waals surface area contributed by atoms with Crippen molar-refractivity contribution in [1.29, 1.82) is 0 Å². The Labute approximate surface area is 213 Å². The number of amides is 1. The molecule has 0 bridgehead atoms. The molecule has 1 saturated heterocycles. The van der Waals surface area contributed by atoms with E-state index in [-0.39, 0.29) is 24.2 Å². The number of likely N-dealkylation sites (tertiary alicyclic amines) is 1. The molecule has 0 radical (unpaired) electrons.